The van der Waals surface area contributed by atoms with Gasteiger partial charge in [-0.25, -0.2) is 4.79 Å². The van der Waals surface area contributed by atoms with Crippen molar-refractivity contribution in [1.82, 2.24) is 5.06 Å². The molecule has 0 saturated heterocycles. The fraction of sp³-hybridized carbons (Fsp3) is 0.167. The van der Waals surface area contributed by atoms with Crippen molar-refractivity contribution in [2.24, 2.45) is 0 Å². The molecule has 2 amide bonds. The van der Waals surface area contributed by atoms with E-state index in [0.29, 0.717) is 11.5 Å². The van der Waals surface area contributed by atoms with E-state index in [1.807, 2.05) is 24.3 Å². The third kappa shape index (κ3) is 2.28. The molecule has 0 spiro atoms. The summed E-state index contributed by atoms with van der Waals surface area (Å²) in [5.41, 5.74) is 2.46. The maximum Gasteiger partial charge on any atom is 0.362 e. The lowest BCUT2D eigenvalue weighted by Gasteiger charge is -2.24. The monoisotopic (exact) mass is 323 g/mol. The molecule has 1 atom stereocenters. The number of fused-ring (bicyclic) bond motifs is 2. The number of hydroxylamine groups is 2. The molecular formula is C18H13NO5. The fourth-order valence-corrected chi connectivity index (χ4v) is 2.90. The topological polar surface area (TPSA) is 72.9 Å². The van der Waals surface area contributed by atoms with Crippen LogP contribution in [0.4, 0.5) is 0 Å². The van der Waals surface area contributed by atoms with Crippen LogP contribution in [0.2, 0.25) is 0 Å². The number of imide groups is 1. The first kappa shape index (κ1) is 14.6. The van der Waals surface area contributed by atoms with E-state index in [2.05, 4.69) is 0 Å². The van der Waals surface area contributed by atoms with Crippen LogP contribution in [-0.4, -0.2) is 29.0 Å². The molecule has 0 bridgehead atoms. The Morgan fingerprint density at radius 1 is 0.958 bits per heavy atom. The highest BCUT2D eigenvalue weighted by Gasteiger charge is 2.40. The molecule has 0 radical (unpaired) electrons. The van der Waals surface area contributed by atoms with Gasteiger partial charge in [-0.1, -0.05) is 41.5 Å². The number of hydrogen-bond acceptors (Lipinski definition) is 5. The average Bonchev–Trinajstić information content (AvgIpc) is 2.86. The highest BCUT2D eigenvalue weighted by atomic mass is 16.7. The van der Waals surface area contributed by atoms with E-state index in [1.165, 1.54) is 12.1 Å². The summed E-state index contributed by atoms with van der Waals surface area (Å²) < 4.78 is 5.50. The molecule has 0 aromatic heterocycles. The number of carbonyl (C=O) groups excluding carboxylic acids is 3. The Bertz CT molecular complexity index is 825. The molecule has 0 saturated carbocycles. The number of amides is 2. The highest BCUT2D eigenvalue weighted by Crippen LogP contribution is 2.25. The number of rotatable bonds is 2. The number of ether oxygens (including phenoxy) is 1. The Balaban J connectivity index is 1.50. The molecule has 0 N–H and O–H groups in total. The molecule has 0 aliphatic carbocycles. The van der Waals surface area contributed by atoms with Crippen LogP contribution in [-0.2, 0) is 27.4 Å². The highest BCUT2D eigenvalue weighted by molar-refractivity contribution is 6.20. The van der Waals surface area contributed by atoms with Gasteiger partial charge in [-0.15, -0.1) is 0 Å². The van der Waals surface area contributed by atoms with Crippen molar-refractivity contribution in [3.8, 4) is 0 Å². The Kier molecular flexibility index (Phi) is 3.39. The molecule has 2 aliphatic rings. The predicted molar refractivity (Wildman–Crippen MR) is 81.8 cm³/mol. The number of hydrogen-bond donors (Lipinski definition) is 0. The van der Waals surface area contributed by atoms with Crippen LogP contribution in [0.25, 0.3) is 0 Å². The van der Waals surface area contributed by atoms with Crippen LogP contribution in [0.1, 0.15) is 31.8 Å². The van der Waals surface area contributed by atoms with E-state index in [9.17, 15) is 14.4 Å². The van der Waals surface area contributed by atoms with Gasteiger partial charge in [-0.3, -0.25) is 9.59 Å². The standard InChI is InChI=1S/C18H13NO5/c20-16-13-7-3-4-8-14(13)17(21)19(16)24-18(22)15-9-11-5-1-2-6-12(11)10-23-15/h1-8,15H,9-10H2/t15-/m0/s1. The Hall–Kier alpha value is -2.99. The van der Waals surface area contributed by atoms with Gasteiger partial charge < -0.3 is 9.57 Å². The molecule has 120 valence electrons. The summed E-state index contributed by atoms with van der Waals surface area (Å²) in [6.07, 6.45) is -0.498. The predicted octanol–water partition coefficient (Wildman–Crippen LogP) is 1.88. The zero-order valence-electron chi connectivity index (χ0n) is 12.6. The van der Waals surface area contributed by atoms with Crippen molar-refractivity contribution in [1.29, 1.82) is 0 Å². The summed E-state index contributed by atoms with van der Waals surface area (Å²) in [6.45, 7) is 0.290. The van der Waals surface area contributed by atoms with Gasteiger partial charge in [-0.2, -0.15) is 0 Å². The molecule has 4 rings (SSSR count). The van der Waals surface area contributed by atoms with Crippen LogP contribution >= 0.6 is 0 Å². The molecule has 2 aromatic carbocycles. The largest absolute Gasteiger partial charge is 0.362 e. The minimum absolute atomic E-state index is 0.227. The summed E-state index contributed by atoms with van der Waals surface area (Å²) in [5.74, 6) is -2.03. The summed E-state index contributed by atoms with van der Waals surface area (Å²) in [6, 6.07) is 14.0. The second kappa shape index (κ2) is 5.58. The Labute approximate surface area is 137 Å². The molecule has 24 heavy (non-hydrogen) atoms. The Morgan fingerprint density at radius 3 is 2.21 bits per heavy atom. The maximum absolute atomic E-state index is 12.3. The number of carbonyl (C=O) groups is 3. The second-order valence-electron chi connectivity index (χ2n) is 5.63. The normalized spacial score (nSPS) is 19.0. The Morgan fingerprint density at radius 2 is 1.54 bits per heavy atom. The van der Waals surface area contributed by atoms with Gasteiger partial charge in [0.1, 0.15) is 0 Å². The van der Waals surface area contributed by atoms with E-state index in [1.54, 1.807) is 12.1 Å². The van der Waals surface area contributed by atoms with Gasteiger partial charge in [-0.05, 0) is 23.3 Å². The zero-order chi connectivity index (χ0) is 16.7. The lowest BCUT2D eigenvalue weighted by atomic mass is 9.99. The lowest BCUT2D eigenvalue weighted by Crippen LogP contribution is -2.39. The molecule has 2 aromatic rings. The summed E-state index contributed by atoms with van der Waals surface area (Å²) in [4.78, 5) is 41.8. The SMILES string of the molecule is O=C(ON1C(=O)c2ccccc2C1=O)[C@@H]1Cc2ccccc2CO1. The van der Waals surface area contributed by atoms with Gasteiger partial charge in [0, 0.05) is 6.42 Å². The van der Waals surface area contributed by atoms with E-state index < -0.39 is 23.9 Å². The first-order chi connectivity index (χ1) is 11.6. The first-order valence-corrected chi connectivity index (χ1v) is 7.53. The van der Waals surface area contributed by atoms with Crippen molar-refractivity contribution >= 4 is 17.8 Å². The maximum atomic E-state index is 12.3. The third-order valence-electron chi connectivity index (χ3n) is 4.16. The molecular weight excluding hydrogens is 310 g/mol. The van der Waals surface area contributed by atoms with E-state index in [0.717, 1.165) is 11.1 Å². The minimum Gasteiger partial charge on any atom is -0.361 e. The fourth-order valence-electron chi connectivity index (χ4n) is 2.90. The average molecular weight is 323 g/mol. The van der Waals surface area contributed by atoms with Crippen LogP contribution in [0, 0.1) is 0 Å². The van der Waals surface area contributed by atoms with Gasteiger partial charge in [0.2, 0.25) is 0 Å². The summed E-state index contributed by atoms with van der Waals surface area (Å²) in [7, 11) is 0. The van der Waals surface area contributed by atoms with Gasteiger partial charge >= 0.3 is 5.97 Å². The van der Waals surface area contributed by atoms with Crippen molar-refractivity contribution in [2.75, 3.05) is 0 Å². The van der Waals surface area contributed by atoms with Crippen LogP contribution in [0.5, 0.6) is 0 Å². The van der Waals surface area contributed by atoms with E-state index >= 15 is 0 Å². The van der Waals surface area contributed by atoms with Crippen molar-refractivity contribution in [3.05, 3.63) is 70.8 Å². The smallest absolute Gasteiger partial charge is 0.361 e. The number of nitrogens with zero attached hydrogens (tertiary/aromatic N) is 1. The van der Waals surface area contributed by atoms with Gasteiger partial charge in [0.15, 0.2) is 6.10 Å². The zero-order valence-corrected chi connectivity index (χ0v) is 12.6. The molecule has 0 unspecified atom stereocenters. The van der Waals surface area contributed by atoms with Gasteiger partial charge in [0.05, 0.1) is 17.7 Å². The first-order valence-electron chi connectivity index (χ1n) is 7.53. The molecule has 2 aliphatic heterocycles. The molecule has 6 nitrogen and oxygen atoms in total. The van der Waals surface area contributed by atoms with Crippen molar-refractivity contribution < 1.29 is 24.0 Å². The molecule has 6 heteroatoms. The van der Waals surface area contributed by atoms with E-state index in [-0.39, 0.29) is 17.7 Å². The summed E-state index contributed by atoms with van der Waals surface area (Å²) >= 11 is 0. The van der Waals surface area contributed by atoms with E-state index in [4.69, 9.17) is 9.57 Å². The summed E-state index contributed by atoms with van der Waals surface area (Å²) in [5, 5.41) is 0.511. The van der Waals surface area contributed by atoms with Crippen molar-refractivity contribution in [2.45, 2.75) is 19.1 Å². The van der Waals surface area contributed by atoms with Crippen LogP contribution < -0.4 is 0 Å². The quantitative estimate of drug-likeness (QED) is 0.789. The molecule has 2 heterocycles. The van der Waals surface area contributed by atoms with Crippen LogP contribution in [0.15, 0.2) is 48.5 Å². The second-order valence-corrected chi connectivity index (χ2v) is 5.63. The van der Waals surface area contributed by atoms with Gasteiger partial charge in [0.25, 0.3) is 11.8 Å². The number of benzene rings is 2. The van der Waals surface area contributed by atoms with Crippen LogP contribution in [0.3, 0.4) is 0 Å². The third-order valence-corrected chi connectivity index (χ3v) is 4.16. The minimum atomic E-state index is -0.843. The lowest BCUT2D eigenvalue weighted by molar-refractivity contribution is -0.183. The van der Waals surface area contributed by atoms with Crippen molar-refractivity contribution in [3.63, 3.8) is 0 Å². The molecule has 0 fully saturated rings.